The lowest BCUT2D eigenvalue weighted by atomic mass is 9.81. The van der Waals surface area contributed by atoms with Crippen LogP contribution in [0.2, 0.25) is 0 Å². The number of fused-ring (bicyclic) bond motifs is 3. The summed E-state index contributed by atoms with van der Waals surface area (Å²) in [5.41, 5.74) is 14.7. The highest BCUT2D eigenvalue weighted by Gasteiger charge is 2.25. The fourth-order valence-electron chi connectivity index (χ4n) is 8.14. The normalized spacial score (nSPS) is 12.1. The summed E-state index contributed by atoms with van der Waals surface area (Å²) in [6.45, 7) is 24.9. The van der Waals surface area contributed by atoms with E-state index in [1.165, 1.54) is 56.1 Å². The highest BCUT2D eigenvalue weighted by molar-refractivity contribution is 6.09. The van der Waals surface area contributed by atoms with Gasteiger partial charge in [-0.05, 0) is 126 Å². The van der Waals surface area contributed by atoms with Gasteiger partial charge in [-0.25, -0.2) is 9.67 Å². The number of hydrogen-bond donors (Lipinski definition) is 0. The second-order valence-corrected chi connectivity index (χ2v) is 16.7. The predicted octanol–water partition coefficient (Wildman–Crippen LogP) is 14.3. The second kappa shape index (κ2) is 15.5. The molecule has 0 aliphatic heterocycles. The third kappa shape index (κ3) is 7.34. The first-order valence-electron chi connectivity index (χ1n) is 20.4. The number of aryl methyl sites for hydroxylation is 2. The third-order valence-electron chi connectivity index (χ3n) is 11.2. The number of hydrogen-bond acceptors (Lipinski definition) is 3. The van der Waals surface area contributed by atoms with Crippen molar-refractivity contribution in [3.05, 3.63) is 130 Å². The molecule has 4 aromatic carbocycles. The number of nitrogens with zero attached hydrogens (tertiary/aromatic N) is 4. The molecule has 0 aliphatic rings. The van der Waals surface area contributed by atoms with E-state index in [1.807, 2.05) is 6.20 Å². The molecule has 5 nitrogen and oxygen atoms in total. The minimum atomic E-state index is 0.304. The van der Waals surface area contributed by atoms with Gasteiger partial charge in [0.1, 0.15) is 17.3 Å². The maximum absolute atomic E-state index is 6.83. The second-order valence-electron chi connectivity index (χ2n) is 16.7. The molecule has 0 aliphatic carbocycles. The van der Waals surface area contributed by atoms with Crippen molar-refractivity contribution in [2.24, 2.45) is 0 Å². The predicted molar refractivity (Wildman–Crippen MR) is 232 cm³/mol. The zero-order valence-electron chi connectivity index (χ0n) is 34.8. The van der Waals surface area contributed by atoms with Crippen molar-refractivity contribution in [3.8, 4) is 34.1 Å². The molecular weight excluding hydrogens is 673 g/mol. The molecule has 0 N–H and O–H groups in total. The molecule has 7 aromatic rings. The highest BCUT2D eigenvalue weighted by atomic mass is 16.5. The third-order valence-corrected chi connectivity index (χ3v) is 11.2. The Morgan fingerprint density at radius 2 is 1.31 bits per heavy atom. The van der Waals surface area contributed by atoms with Gasteiger partial charge in [0.25, 0.3) is 0 Å². The first-order chi connectivity index (χ1) is 26.4. The van der Waals surface area contributed by atoms with Crippen LogP contribution in [0.3, 0.4) is 0 Å². The molecule has 0 saturated carbocycles. The van der Waals surface area contributed by atoms with Crippen LogP contribution in [0, 0.1) is 13.8 Å². The first-order valence-corrected chi connectivity index (χ1v) is 20.4. The molecule has 5 heteroatoms. The maximum Gasteiger partial charge on any atom is 0.137 e. The van der Waals surface area contributed by atoms with Crippen LogP contribution in [0.4, 0.5) is 0 Å². The molecule has 0 bridgehead atoms. The summed E-state index contributed by atoms with van der Waals surface area (Å²) >= 11 is 0. The minimum absolute atomic E-state index is 0.304. The van der Waals surface area contributed by atoms with Crippen LogP contribution < -0.4 is 4.74 Å². The van der Waals surface area contributed by atoms with Crippen molar-refractivity contribution < 1.29 is 4.74 Å². The molecule has 0 unspecified atom stereocenters. The Morgan fingerprint density at radius 1 is 0.636 bits per heavy atom. The van der Waals surface area contributed by atoms with Gasteiger partial charge < -0.3 is 4.74 Å². The van der Waals surface area contributed by atoms with E-state index in [-0.39, 0.29) is 0 Å². The molecule has 0 spiro atoms. The maximum atomic E-state index is 6.83. The summed E-state index contributed by atoms with van der Waals surface area (Å²) in [6, 6.07) is 30.9. The topological polar surface area (TPSA) is 44.9 Å². The van der Waals surface area contributed by atoms with Crippen LogP contribution in [0.15, 0.2) is 91.1 Å². The van der Waals surface area contributed by atoms with E-state index >= 15 is 0 Å². The van der Waals surface area contributed by atoms with E-state index < -0.39 is 0 Å². The van der Waals surface area contributed by atoms with Gasteiger partial charge >= 0.3 is 0 Å². The van der Waals surface area contributed by atoms with Crippen LogP contribution in [0.1, 0.15) is 138 Å². The van der Waals surface area contributed by atoms with E-state index in [0.717, 1.165) is 58.3 Å². The molecule has 3 heterocycles. The lowest BCUT2D eigenvalue weighted by molar-refractivity contribution is 0.481. The lowest BCUT2D eigenvalue weighted by Gasteiger charge is -2.23. The summed E-state index contributed by atoms with van der Waals surface area (Å²) < 4.78 is 11.2. The molecule has 0 amide bonds. The lowest BCUT2D eigenvalue weighted by Crippen LogP contribution is -2.05. The van der Waals surface area contributed by atoms with Crippen molar-refractivity contribution in [1.82, 2.24) is 19.3 Å². The summed E-state index contributed by atoms with van der Waals surface area (Å²) in [5.74, 6) is 4.05. The van der Waals surface area contributed by atoms with Gasteiger partial charge in [0.15, 0.2) is 0 Å². The summed E-state index contributed by atoms with van der Waals surface area (Å²) in [5, 5.41) is 7.63. The average Bonchev–Trinajstić information content (AvgIpc) is 3.65. The van der Waals surface area contributed by atoms with Crippen LogP contribution in [0.25, 0.3) is 44.4 Å². The van der Waals surface area contributed by atoms with E-state index in [4.69, 9.17) is 14.8 Å². The Morgan fingerprint density at radius 3 is 1.98 bits per heavy atom. The highest BCUT2D eigenvalue weighted by Crippen LogP contribution is 2.43. The van der Waals surface area contributed by atoms with Gasteiger partial charge in [-0.1, -0.05) is 99.1 Å². The zero-order chi connectivity index (χ0) is 39.1. The number of aromatic nitrogens is 4. The van der Waals surface area contributed by atoms with Crippen molar-refractivity contribution >= 4 is 21.8 Å². The largest absolute Gasteiger partial charge is 0.457 e. The average molecular weight is 731 g/mol. The van der Waals surface area contributed by atoms with E-state index in [2.05, 4.69) is 170 Å². The molecule has 284 valence electrons. The Kier molecular flexibility index (Phi) is 10.8. The quantitative estimate of drug-likeness (QED) is 0.126. The van der Waals surface area contributed by atoms with Crippen molar-refractivity contribution in [1.29, 1.82) is 0 Å². The number of unbranched alkanes of at least 4 members (excludes halogenated alkanes) is 1. The Balaban J connectivity index is 1.34. The molecular formula is C50H58N4O. The zero-order valence-corrected chi connectivity index (χ0v) is 34.8. The van der Waals surface area contributed by atoms with Crippen LogP contribution >= 0.6 is 0 Å². The van der Waals surface area contributed by atoms with Crippen LogP contribution in [0.5, 0.6) is 11.5 Å². The van der Waals surface area contributed by atoms with Crippen LogP contribution in [-0.4, -0.2) is 19.3 Å². The van der Waals surface area contributed by atoms with Gasteiger partial charge in [0.05, 0.1) is 22.4 Å². The minimum Gasteiger partial charge on any atom is -0.457 e. The first kappa shape index (κ1) is 38.1. The molecule has 7 rings (SSSR count). The van der Waals surface area contributed by atoms with E-state index in [9.17, 15) is 0 Å². The monoisotopic (exact) mass is 730 g/mol. The fraction of sp³-hybridized carbons (Fsp3) is 0.360. The smallest absolute Gasteiger partial charge is 0.137 e. The SMILES string of the molecule is CCCCc1ccnc(-n2c3ccccc3c3ccc(Oc4cc(C(C)C)cc(-n5nc(C)c(-c6c(C(C)C)cc(C(C)C)cc6C(C)C)c5C)c4)cc32)c1. The number of rotatable bonds is 12. The Labute approximate surface area is 328 Å². The summed E-state index contributed by atoms with van der Waals surface area (Å²) in [7, 11) is 0. The van der Waals surface area contributed by atoms with E-state index in [1.54, 1.807) is 0 Å². The van der Waals surface area contributed by atoms with Crippen LogP contribution in [-0.2, 0) is 6.42 Å². The summed E-state index contributed by atoms with van der Waals surface area (Å²) in [6.07, 6.45) is 5.32. The number of benzene rings is 4. The molecule has 3 aromatic heterocycles. The van der Waals surface area contributed by atoms with Gasteiger partial charge in [0, 0.05) is 40.4 Å². The van der Waals surface area contributed by atoms with Gasteiger partial charge in [-0.3, -0.25) is 4.57 Å². The van der Waals surface area contributed by atoms with Crippen molar-refractivity contribution in [2.45, 2.75) is 119 Å². The Bertz CT molecular complexity index is 2460. The number of ether oxygens (including phenoxy) is 1. The number of pyridine rings is 1. The van der Waals surface area contributed by atoms with Gasteiger partial charge in [-0.15, -0.1) is 0 Å². The molecule has 0 atom stereocenters. The van der Waals surface area contributed by atoms with Gasteiger partial charge in [-0.2, -0.15) is 5.10 Å². The summed E-state index contributed by atoms with van der Waals surface area (Å²) in [4.78, 5) is 4.87. The van der Waals surface area contributed by atoms with Gasteiger partial charge in [0.2, 0.25) is 0 Å². The van der Waals surface area contributed by atoms with Crippen molar-refractivity contribution in [2.75, 3.05) is 0 Å². The number of para-hydroxylation sites is 1. The molecule has 55 heavy (non-hydrogen) atoms. The van der Waals surface area contributed by atoms with Crippen molar-refractivity contribution in [3.63, 3.8) is 0 Å². The van der Waals surface area contributed by atoms with E-state index in [0.29, 0.717) is 23.7 Å². The fourth-order valence-corrected chi connectivity index (χ4v) is 8.14. The standard InChI is InChI=1S/C50H58N4O/c1-12-13-16-36-21-22-51-48(23-36)53-46-18-15-14-17-42(46)43-20-19-40(29-47(43)53)55-41-25-37(30(2)3)24-39(28-41)54-35(11)49(34(10)52-54)50-44(32(6)7)26-38(31(4)5)27-45(50)33(8)9/h14-15,17-33H,12-13,16H2,1-11H3. The molecule has 0 saturated heterocycles. The molecule has 0 fully saturated rings. The Hall–Kier alpha value is -5.16. The molecule has 0 radical (unpaired) electrons.